The minimum absolute atomic E-state index is 0.274. The number of nitrogens with one attached hydrogen (secondary N) is 2. The van der Waals surface area contributed by atoms with Crippen LogP contribution in [0.5, 0.6) is 5.75 Å². The van der Waals surface area contributed by atoms with Crippen LogP contribution in [0.15, 0.2) is 36.4 Å². The van der Waals surface area contributed by atoms with E-state index in [9.17, 15) is 18.4 Å². The van der Waals surface area contributed by atoms with Gasteiger partial charge in [-0.05, 0) is 38.1 Å². The SMILES string of the molecule is CC1(C)Oc2cc(NC(=O)c3ccc(F)cc3F)ccc2NC1=O. The summed E-state index contributed by atoms with van der Waals surface area (Å²) < 4.78 is 32.2. The van der Waals surface area contributed by atoms with E-state index in [1.165, 1.54) is 6.07 Å². The third kappa shape index (κ3) is 2.92. The van der Waals surface area contributed by atoms with Crippen molar-refractivity contribution in [2.24, 2.45) is 0 Å². The smallest absolute Gasteiger partial charge is 0.268 e. The van der Waals surface area contributed by atoms with Crippen LogP contribution in [-0.2, 0) is 4.79 Å². The summed E-state index contributed by atoms with van der Waals surface area (Å²) in [7, 11) is 0. The molecule has 0 radical (unpaired) electrons. The second-order valence-electron chi connectivity index (χ2n) is 5.86. The lowest BCUT2D eigenvalue weighted by atomic mass is 10.1. The van der Waals surface area contributed by atoms with Gasteiger partial charge in [0.25, 0.3) is 11.8 Å². The Hall–Kier alpha value is -2.96. The van der Waals surface area contributed by atoms with Crippen molar-refractivity contribution in [3.05, 3.63) is 53.6 Å². The van der Waals surface area contributed by atoms with E-state index in [4.69, 9.17) is 4.74 Å². The fourth-order valence-corrected chi connectivity index (χ4v) is 2.25. The number of halogens is 2. The molecule has 7 heteroatoms. The lowest BCUT2D eigenvalue weighted by Crippen LogP contribution is -2.45. The average Bonchev–Trinajstić information content (AvgIpc) is 2.48. The molecule has 2 aromatic rings. The number of rotatable bonds is 2. The van der Waals surface area contributed by atoms with Crippen LogP contribution in [-0.4, -0.2) is 17.4 Å². The Kier molecular flexibility index (Phi) is 3.71. The highest BCUT2D eigenvalue weighted by Gasteiger charge is 2.35. The Bertz CT molecular complexity index is 850. The highest BCUT2D eigenvalue weighted by atomic mass is 19.1. The van der Waals surface area contributed by atoms with Crippen molar-refractivity contribution in [2.45, 2.75) is 19.4 Å². The van der Waals surface area contributed by atoms with E-state index < -0.39 is 23.1 Å². The molecule has 1 heterocycles. The van der Waals surface area contributed by atoms with Crippen molar-refractivity contribution in [1.82, 2.24) is 0 Å². The van der Waals surface area contributed by atoms with Gasteiger partial charge in [-0.2, -0.15) is 0 Å². The first kappa shape index (κ1) is 15.9. The van der Waals surface area contributed by atoms with Crippen LogP contribution in [0.25, 0.3) is 0 Å². The highest BCUT2D eigenvalue weighted by Crippen LogP contribution is 2.35. The van der Waals surface area contributed by atoms with Crippen molar-refractivity contribution in [2.75, 3.05) is 10.6 Å². The standard InChI is InChI=1S/C17H14F2N2O3/c1-17(2)16(23)21-13-6-4-10(8-14(13)24-17)20-15(22)11-5-3-9(18)7-12(11)19/h3-8H,1-2H3,(H,20,22)(H,21,23). The molecule has 0 fully saturated rings. The van der Waals surface area contributed by atoms with Crippen LogP contribution < -0.4 is 15.4 Å². The van der Waals surface area contributed by atoms with Crippen molar-refractivity contribution in [1.29, 1.82) is 0 Å². The molecule has 0 aliphatic carbocycles. The van der Waals surface area contributed by atoms with Crippen molar-refractivity contribution < 1.29 is 23.1 Å². The van der Waals surface area contributed by atoms with Gasteiger partial charge in [-0.15, -0.1) is 0 Å². The van der Waals surface area contributed by atoms with Crippen molar-refractivity contribution in [3.8, 4) is 5.75 Å². The second kappa shape index (κ2) is 5.59. The third-order valence-corrected chi connectivity index (χ3v) is 3.58. The van der Waals surface area contributed by atoms with Gasteiger partial charge in [0.2, 0.25) is 0 Å². The topological polar surface area (TPSA) is 67.4 Å². The van der Waals surface area contributed by atoms with Crippen LogP contribution in [0.2, 0.25) is 0 Å². The molecule has 0 bridgehead atoms. The van der Waals surface area contributed by atoms with Gasteiger partial charge in [0, 0.05) is 17.8 Å². The van der Waals surface area contributed by atoms with Crippen LogP contribution in [0, 0.1) is 11.6 Å². The Morgan fingerprint density at radius 3 is 2.62 bits per heavy atom. The van der Waals surface area contributed by atoms with Gasteiger partial charge < -0.3 is 15.4 Å². The molecule has 1 aliphatic rings. The minimum Gasteiger partial charge on any atom is -0.476 e. The maximum absolute atomic E-state index is 13.6. The second-order valence-corrected chi connectivity index (χ2v) is 5.86. The zero-order valence-corrected chi connectivity index (χ0v) is 12.9. The van der Waals surface area contributed by atoms with E-state index in [0.717, 1.165) is 12.1 Å². The average molecular weight is 332 g/mol. The zero-order valence-electron chi connectivity index (χ0n) is 12.9. The predicted molar refractivity (Wildman–Crippen MR) is 84.1 cm³/mol. The summed E-state index contributed by atoms with van der Waals surface area (Å²) in [6.45, 7) is 3.23. The Morgan fingerprint density at radius 1 is 1.17 bits per heavy atom. The van der Waals surface area contributed by atoms with Crippen LogP contribution in [0.3, 0.4) is 0 Å². The summed E-state index contributed by atoms with van der Waals surface area (Å²) in [5.74, 6) is -2.32. The molecular weight excluding hydrogens is 318 g/mol. The molecule has 5 nitrogen and oxygen atoms in total. The Morgan fingerprint density at radius 2 is 1.92 bits per heavy atom. The van der Waals surface area contributed by atoms with Crippen LogP contribution >= 0.6 is 0 Å². The number of hydrogen-bond acceptors (Lipinski definition) is 3. The quantitative estimate of drug-likeness (QED) is 0.886. The van der Waals surface area contributed by atoms with Crippen LogP contribution in [0.4, 0.5) is 20.2 Å². The fourth-order valence-electron chi connectivity index (χ4n) is 2.25. The number of ether oxygens (including phenoxy) is 1. The number of fused-ring (bicyclic) bond motifs is 1. The fraction of sp³-hybridized carbons (Fsp3) is 0.176. The van der Waals surface area contributed by atoms with Crippen LogP contribution in [0.1, 0.15) is 24.2 Å². The molecule has 0 spiro atoms. The maximum Gasteiger partial charge on any atom is 0.268 e. The van der Waals surface area contributed by atoms with E-state index in [1.54, 1.807) is 26.0 Å². The van der Waals surface area contributed by atoms with Gasteiger partial charge in [-0.25, -0.2) is 8.78 Å². The molecule has 24 heavy (non-hydrogen) atoms. The van der Waals surface area contributed by atoms with Gasteiger partial charge in [0.05, 0.1) is 11.3 Å². The number of benzene rings is 2. The first-order valence-corrected chi connectivity index (χ1v) is 7.17. The Labute approximate surface area is 136 Å². The Balaban J connectivity index is 1.84. The molecule has 0 saturated heterocycles. The molecule has 1 aliphatic heterocycles. The predicted octanol–water partition coefficient (Wildman–Crippen LogP) is 3.33. The van der Waals surface area contributed by atoms with Gasteiger partial charge in [-0.3, -0.25) is 9.59 Å². The molecule has 2 amide bonds. The van der Waals surface area contributed by atoms with Gasteiger partial charge in [0.15, 0.2) is 5.60 Å². The minimum atomic E-state index is -1.04. The van der Waals surface area contributed by atoms with E-state index in [0.29, 0.717) is 23.2 Å². The summed E-state index contributed by atoms with van der Waals surface area (Å²) in [6, 6.07) is 7.35. The number of hydrogen-bond donors (Lipinski definition) is 2. The highest BCUT2D eigenvalue weighted by molar-refractivity contribution is 6.05. The number of anilines is 2. The van der Waals surface area contributed by atoms with E-state index in [-0.39, 0.29) is 11.5 Å². The van der Waals surface area contributed by atoms with Gasteiger partial charge in [-0.1, -0.05) is 0 Å². The number of carbonyl (C=O) groups is 2. The molecule has 0 aromatic heterocycles. The summed E-state index contributed by atoms with van der Waals surface area (Å²) in [6.07, 6.45) is 0. The zero-order chi connectivity index (χ0) is 17.5. The molecule has 0 unspecified atom stereocenters. The monoisotopic (exact) mass is 332 g/mol. The molecule has 3 rings (SSSR count). The normalized spacial score (nSPS) is 15.1. The first-order chi connectivity index (χ1) is 11.3. The first-order valence-electron chi connectivity index (χ1n) is 7.17. The van der Waals surface area contributed by atoms with E-state index in [2.05, 4.69) is 10.6 Å². The molecule has 2 N–H and O–H groups in total. The molecule has 124 valence electrons. The summed E-state index contributed by atoms with van der Waals surface area (Å²) in [5, 5.41) is 5.21. The molecule has 0 atom stereocenters. The largest absolute Gasteiger partial charge is 0.476 e. The summed E-state index contributed by atoms with van der Waals surface area (Å²) >= 11 is 0. The lowest BCUT2D eigenvalue weighted by molar-refractivity contribution is -0.129. The van der Waals surface area contributed by atoms with E-state index in [1.807, 2.05) is 0 Å². The van der Waals surface area contributed by atoms with Crippen molar-refractivity contribution >= 4 is 23.2 Å². The van der Waals surface area contributed by atoms with Gasteiger partial charge >= 0.3 is 0 Å². The number of amides is 2. The van der Waals surface area contributed by atoms with Crippen molar-refractivity contribution in [3.63, 3.8) is 0 Å². The maximum atomic E-state index is 13.6. The molecule has 0 saturated carbocycles. The summed E-state index contributed by atoms with van der Waals surface area (Å²) in [5.41, 5.74) is -0.484. The summed E-state index contributed by atoms with van der Waals surface area (Å²) in [4.78, 5) is 23.9. The molecule has 2 aromatic carbocycles. The van der Waals surface area contributed by atoms with Gasteiger partial charge in [0.1, 0.15) is 17.4 Å². The third-order valence-electron chi connectivity index (χ3n) is 3.58. The number of carbonyl (C=O) groups excluding carboxylic acids is 2. The molecular formula is C17H14F2N2O3. The lowest BCUT2D eigenvalue weighted by Gasteiger charge is -2.31. The van der Waals surface area contributed by atoms with E-state index >= 15 is 0 Å².